The molecule has 0 fully saturated rings. The van der Waals surface area contributed by atoms with Gasteiger partial charge in [-0.1, -0.05) is 120 Å². The Morgan fingerprint density at radius 2 is 1.12 bits per heavy atom. The molecule has 1 unspecified atom stereocenters. The lowest BCUT2D eigenvalue weighted by atomic mass is 9.41. The Balaban J connectivity index is 1.26. The van der Waals surface area contributed by atoms with Crippen molar-refractivity contribution in [2.45, 2.75) is 33.6 Å². The van der Waals surface area contributed by atoms with Crippen molar-refractivity contribution >= 4 is 105 Å². The highest BCUT2D eigenvalue weighted by Gasteiger charge is 2.45. The van der Waals surface area contributed by atoms with Crippen LogP contribution in [0.15, 0.2) is 148 Å². The molecule has 3 nitrogen and oxygen atoms in total. The maximum absolute atomic E-state index is 6.95. The van der Waals surface area contributed by atoms with Crippen LogP contribution in [0.3, 0.4) is 0 Å². The molecular weight excluding hydrogens is 717 g/mol. The zero-order valence-electron chi connectivity index (χ0n) is 33.2. The molecule has 0 N–H and O–H groups in total. The third-order valence-corrected chi connectivity index (χ3v) is 14.1. The van der Waals surface area contributed by atoms with E-state index in [0.717, 1.165) is 38.5 Å². The molecule has 2 aliphatic rings. The summed E-state index contributed by atoms with van der Waals surface area (Å²) in [5.41, 5.74) is 20.6. The summed E-state index contributed by atoms with van der Waals surface area (Å²) < 4.78 is 16.5. The van der Waals surface area contributed by atoms with Gasteiger partial charge < -0.3 is 13.3 Å². The monoisotopic (exact) mass is 753 g/mol. The van der Waals surface area contributed by atoms with Gasteiger partial charge in [0.05, 0.1) is 5.39 Å². The normalized spacial score (nSPS) is 14.6. The van der Waals surface area contributed by atoms with Crippen molar-refractivity contribution in [3.05, 3.63) is 178 Å². The predicted octanol–water partition coefficient (Wildman–Crippen LogP) is 13.3. The second-order valence-corrected chi connectivity index (χ2v) is 17.3. The summed E-state index contributed by atoms with van der Waals surface area (Å²) in [7, 11) is 0. The van der Waals surface area contributed by atoms with Crippen LogP contribution in [0, 0.1) is 27.7 Å². The first-order valence-corrected chi connectivity index (χ1v) is 20.8. The van der Waals surface area contributed by atoms with Crippen LogP contribution < -0.4 is 10.9 Å². The van der Waals surface area contributed by atoms with Gasteiger partial charge in [-0.25, -0.2) is 0 Å². The molecule has 0 aliphatic carbocycles. The van der Waals surface area contributed by atoms with Crippen molar-refractivity contribution in [3.8, 4) is 11.1 Å². The number of fused-ring (bicyclic) bond motifs is 17. The fourth-order valence-corrected chi connectivity index (χ4v) is 11.9. The van der Waals surface area contributed by atoms with E-state index < -0.39 is 0 Å². The minimum Gasteiger partial charge on any atom is -0.456 e. The Kier molecular flexibility index (Phi) is 5.92. The molecule has 0 spiro atoms. The van der Waals surface area contributed by atoms with E-state index in [1.54, 1.807) is 0 Å². The number of nitrogens with zero attached hydrogens (tertiary/aromatic N) is 1. The Morgan fingerprint density at radius 1 is 0.492 bits per heavy atom. The standard InChI is InChI=1S/C55H36BNO2/c1-28-21-29(2)23-32(22-28)49-41-24-38-30(3)33-13-5-6-14-34(33)31(4)39(38)26-44(41)56-53-42(49)27-48-50(37-17-9-12-20-47(37)58-48)51(53)43-25-40-35-15-8-11-19-46(35)59-55(40)52-36-16-7-10-18-45(36)57(56)54(43)52/h5-27,49H,1-4H3. The molecule has 9 aromatic carbocycles. The molecule has 0 saturated carbocycles. The molecule has 0 amide bonds. The maximum atomic E-state index is 6.95. The number of rotatable bonds is 1. The number of furan rings is 2. The van der Waals surface area contributed by atoms with Gasteiger partial charge in [0.1, 0.15) is 22.3 Å². The zero-order chi connectivity index (χ0) is 39.0. The molecule has 1 atom stereocenters. The largest absolute Gasteiger partial charge is 0.456 e. The number of hydrogen-bond donors (Lipinski definition) is 0. The highest BCUT2D eigenvalue weighted by atomic mass is 16.3. The van der Waals surface area contributed by atoms with Crippen LogP contribution >= 0.6 is 0 Å². The minimum atomic E-state index is -0.0949. The summed E-state index contributed by atoms with van der Waals surface area (Å²) in [5, 5.41) is 12.3. The van der Waals surface area contributed by atoms with Crippen molar-refractivity contribution in [3.63, 3.8) is 0 Å². The maximum Gasteiger partial charge on any atom is 0.329 e. The van der Waals surface area contributed by atoms with E-state index in [1.807, 2.05) is 0 Å². The third-order valence-electron chi connectivity index (χ3n) is 14.1. The van der Waals surface area contributed by atoms with Crippen LogP contribution in [0.5, 0.6) is 0 Å². The molecule has 3 aromatic heterocycles. The van der Waals surface area contributed by atoms with Crippen LogP contribution in [0.1, 0.15) is 44.9 Å². The highest BCUT2D eigenvalue weighted by Crippen LogP contribution is 2.51. The van der Waals surface area contributed by atoms with Gasteiger partial charge in [-0.05, 0) is 124 Å². The van der Waals surface area contributed by atoms with Crippen molar-refractivity contribution < 1.29 is 8.83 Å². The molecule has 14 rings (SSSR count). The molecule has 59 heavy (non-hydrogen) atoms. The zero-order valence-corrected chi connectivity index (χ0v) is 33.2. The summed E-state index contributed by atoms with van der Waals surface area (Å²) >= 11 is 0. The average molecular weight is 754 g/mol. The lowest BCUT2D eigenvalue weighted by Gasteiger charge is -2.39. The van der Waals surface area contributed by atoms with Crippen molar-refractivity contribution in [2.24, 2.45) is 0 Å². The van der Waals surface area contributed by atoms with Gasteiger partial charge in [0.2, 0.25) is 0 Å². The van der Waals surface area contributed by atoms with Crippen molar-refractivity contribution in [1.29, 1.82) is 0 Å². The van der Waals surface area contributed by atoms with Gasteiger partial charge in [-0.15, -0.1) is 0 Å². The van der Waals surface area contributed by atoms with Gasteiger partial charge in [0, 0.05) is 49.4 Å². The number of aromatic nitrogens is 1. The Bertz CT molecular complexity index is 3890. The molecule has 0 radical (unpaired) electrons. The number of para-hydroxylation sites is 3. The van der Waals surface area contributed by atoms with Gasteiger partial charge in [-0.3, -0.25) is 0 Å². The lowest BCUT2D eigenvalue weighted by molar-refractivity contribution is 0.668. The van der Waals surface area contributed by atoms with E-state index >= 15 is 0 Å². The molecule has 276 valence electrons. The number of benzene rings is 9. The summed E-state index contributed by atoms with van der Waals surface area (Å²) in [6.45, 7) is 9.01. The van der Waals surface area contributed by atoms with E-state index in [2.05, 4.69) is 172 Å². The van der Waals surface area contributed by atoms with Gasteiger partial charge >= 0.3 is 6.85 Å². The molecular formula is C55H36BNO2. The molecule has 12 aromatic rings. The molecule has 5 heterocycles. The predicted molar refractivity (Wildman–Crippen MR) is 248 cm³/mol. The Morgan fingerprint density at radius 3 is 1.86 bits per heavy atom. The van der Waals surface area contributed by atoms with Crippen molar-refractivity contribution in [2.75, 3.05) is 0 Å². The minimum absolute atomic E-state index is 0.0147. The fourth-order valence-electron chi connectivity index (χ4n) is 11.9. The van der Waals surface area contributed by atoms with Crippen molar-refractivity contribution in [1.82, 2.24) is 4.48 Å². The molecule has 4 heteroatoms. The van der Waals surface area contributed by atoms with Crippen LogP contribution in [-0.2, 0) is 0 Å². The first kappa shape index (κ1) is 32.0. The summed E-state index contributed by atoms with van der Waals surface area (Å²) in [5.74, 6) is -0.0147. The summed E-state index contributed by atoms with van der Waals surface area (Å²) in [6.07, 6.45) is 0. The first-order valence-electron chi connectivity index (χ1n) is 20.8. The fraction of sp³-hybridized carbons (Fsp3) is 0.0909. The summed E-state index contributed by atoms with van der Waals surface area (Å²) in [6, 6.07) is 52.2. The Labute approximate surface area is 340 Å². The SMILES string of the molecule is Cc1cc(C)cc(C2c3cc4c(C)c5ccccc5c(C)c4cc3B3c4c2cc2oc5ccccc5c2c4-c2cc4c5ccccc5oc4c4c5ccccc5n3c24)c1. The second-order valence-electron chi connectivity index (χ2n) is 17.3. The van der Waals surface area contributed by atoms with E-state index in [1.165, 1.54) is 110 Å². The van der Waals surface area contributed by atoms with Gasteiger partial charge in [0.15, 0.2) is 0 Å². The van der Waals surface area contributed by atoms with Crippen LogP contribution in [-0.4, -0.2) is 11.3 Å². The van der Waals surface area contributed by atoms with Crippen LogP contribution in [0.25, 0.3) is 98.4 Å². The van der Waals surface area contributed by atoms with E-state index in [4.69, 9.17) is 8.83 Å². The smallest absolute Gasteiger partial charge is 0.329 e. The van der Waals surface area contributed by atoms with Crippen LogP contribution in [0.4, 0.5) is 0 Å². The van der Waals surface area contributed by atoms with E-state index in [-0.39, 0.29) is 12.8 Å². The van der Waals surface area contributed by atoms with Gasteiger partial charge in [-0.2, -0.15) is 0 Å². The van der Waals surface area contributed by atoms with E-state index in [0.29, 0.717) is 0 Å². The highest BCUT2D eigenvalue weighted by molar-refractivity contribution is 6.89. The van der Waals surface area contributed by atoms with E-state index in [9.17, 15) is 0 Å². The lowest BCUT2D eigenvalue weighted by Crippen LogP contribution is -2.57. The Hall–Kier alpha value is -7.04. The second kappa shape index (κ2) is 10.9. The molecule has 0 saturated heterocycles. The quantitative estimate of drug-likeness (QED) is 0.123. The average Bonchev–Trinajstić information content (AvgIpc) is 3.93. The molecule has 0 bridgehead atoms. The number of aryl methyl sites for hydroxylation is 4. The topological polar surface area (TPSA) is 31.2 Å². The number of hydrogen-bond acceptors (Lipinski definition) is 2. The first-order chi connectivity index (χ1) is 28.9. The summed E-state index contributed by atoms with van der Waals surface area (Å²) in [4.78, 5) is 0. The molecule has 2 aliphatic heterocycles. The van der Waals surface area contributed by atoms with Gasteiger partial charge in [0.25, 0.3) is 0 Å². The third kappa shape index (κ3) is 3.90. The van der Waals surface area contributed by atoms with Crippen LogP contribution in [0.2, 0.25) is 0 Å².